The van der Waals surface area contributed by atoms with Crippen molar-refractivity contribution in [2.24, 2.45) is 0 Å². The Morgan fingerprint density at radius 1 is 1.07 bits per heavy atom. The Kier molecular flexibility index (Phi) is 6.73. The van der Waals surface area contributed by atoms with Crippen molar-refractivity contribution in [3.63, 3.8) is 0 Å². The lowest BCUT2D eigenvalue weighted by atomic mass is 10.1. The second kappa shape index (κ2) is 8.63. The second-order valence-corrected chi connectivity index (χ2v) is 8.26. The summed E-state index contributed by atoms with van der Waals surface area (Å²) in [7, 11) is -2.20. The Morgan fingerprint density at radius 2 is 1.70 bits per heavy atom. The highest BCUT2D eigenvalue weighted by atomic mass is 32.2. The predicted molar refractivity (Wildman–Crippen MR) is 103 cm³/mol. The van der Waals surface area contributed by atoms with Crippen LogP contribution in [-0.4, -0.2) is 43.7 Å². The first-order valence-electron chi connectivity index (χ1n) is 8.82. The molecule has 0 N–H and O–H groups in total. The number of nitrogens with zero attached hydrogens (tertiary/aromatic N) is 2. The molecule has 7 heteroatoms. The summed E-state index contributed by atoms with van der Waals surface area (Å²) in [5.41, 5.74) is 1.72. The molecule has 0 aromatic heterocycles. The number of benzene rings is 2. The molecule has 0 radical (unpaired) electrons. The van der Waals surface area contributed by atoms with Crippen LogP contribution in [0.3, 0.4) is 0 Å². The molecule has 2 aromatic rings. The van der Waals surface area contributed by atoms with Crippen LogP contribution in [0.4, 0.5) is 4.39 Å². The number of carbonyl (C=O) groups excluding carboxylic acids is 1. The summed E-state index contributed by atoms with van der Waals surface area (Å²) >= 11 is 0. The van der Waals surface area contributed by atoms with E-state index in [9.17, 15) is 17.6 Å². The molecule has 0 unspecified atom stereocenters. The van der Waals surface area contributed by atoms with Gasteiger partial charge in [-0.25, -0.2) is 12.8 Å². The standard InChI is InChI=1S/C20H25FN2O3S/c1-5-23(6-2)27(25,26)17-11-12-19(21)18(13-17)20(24)22(4)14-16-10-8-7-9-15(16)3/h7-13H,5-6,14H2,1-4H3. The van der Waals surface area contributed by atoms with Crippen LogP contribution in [0.2, 0.25) is 0 Å². The fourth-order valence-corrected chi connectivity index (χ4v) is 4.35. The van der Waals surface area contributed by atoms with Crippen LogP contribution in [-0.2, 0) is 16.6 Å². The van der Waals surface area contributed by atoms with Gasteiger partial charge in [-0.1, -0.05) is 38.1 Å². The summed E-state index contributed by atoms with van der Waals surface area (Å²) in [6.45, 7) is 6.29. The Balaban J connectivity index is 2.35. The number of aryl methyl sites for hydroxylation is 1. The molecule has 0 atom stereocenters. The minimum absolute atomic E-state index is 0.0831. The normalized spacial score (nSPS) is 11.6. The molecule has 0 saturated heterocycles. The maximum absolute atomic E-state index is 14.3. The van der Waals surface area contributed by atoms with Gasteiger partial charge < -0.3 is 4.90 Å². The van der Waals surface area contributed by atoms with Crippen LogP contribution in [0.1, 0.15) is 35.3 Å². The molecular weight excluding hydrogens is 367 g/mol. The average Bonchev–Trinajstić information content (AvgIpc) is 2.64. The van der Waals surface area contributed by atoms with Crippen molar-refractivity contribution in [3.05, 3.63) is 65.0 Å². The zero-order valence-electron chi connectivity index (χ0n) is 16.1. The van der Waals surface area contributed by atoms with Crippen LogP contribution in [0, 0.1) is 12.7 Å². The zero-order valence-corrected chi connectivity index (χ0v) is 16.9. The first-order valence-corrected chi connectivity index (χ1v) is 10.3. The number of hydrogen-bond donors (Lipinski definition) is 0. The average molecular weight is 392 g/mol. The van der Waals surface area contributed by atoms with Crippen LogP contribution >= 0.6 is 0 Å². The highest BCUT2D eigenvalue weighted by Gasteiger charge is 2.25. The van der Waals surface area contributed by atoms with Crippen LogP contribution in [0.5, 0.6) is 0 Å². The van der Waals surface area contributed by atoms with Gasteiger partial charge in [0.15, 0.2) is 0 Å². The number of halogens is 1. The van der Waals surface area contributed by atoms with Crippen LogP contribution in [0.15, 0.2) is 47.4 Å². The van der Waals surface area contributed by atoms with E-state index in [-0.39, 0.29) is 10.5 Å². The molecule has 0 aliphatic rings. The van der Waals surface area contributed by atoms with Gasteiger partial charge in [0.25, 0.3) is 5.91 Å². The number of carbonyl (C=O) groups is 1. The molecule has 0 aliphatic heterocycles. The highest BCUT2D eigenvalue weighted by molar-refractivity contribution is 7.89. The van der Waals surface area contributed by atoms with E-state index in [0.29, 0.717) is 19.6 Å². The molecule has 0 spiro atoms. The fourth-order valence-electron chi connectivity index (χ4n) is 2.86. The van der Waals surface area contributed by atoms with E-state index in [0.717, 1.165) is 23.3 Å². The summed E-state index contributed by atoms with van der Waals surface area (Å²) in [5.74, 6) is -1.30. The lowest BCUT2D eigenvalue weighted by Crippen LogP contribution is -2.31. The smallest absolute Gasteiger partial charge is 0.256 e. The molecule has 0 aliphatic carbocycles. The maximum Gasteiger partial charge on any atom is 0.256 e. The van der Waals surface area contributed by atoms with Crippen molar-refractivity contribution in [2.45, 2.75) is 32.2 Å². The van der Waals surface area contributed by atoms with Crippen molar-refractivity contribution in [3.8, 4) is 0 Å². The van der Waals surface area contributed by atoms with Crippen LogP contribution in [0.25, 0.3) is 0 Å². The molecule has 0 fully saturated rings. The third-order valence-corrected chi connectivity index (χ3v) is 6.57. The lowest BCUT2D eigenvalue weighted by molar-refractivity contribution is 0.0780. The third kappa shape index (κ3) is 4.54. The minimum atomic E-state index is -3.77. The van der Waals surface area contributed by atoms with E-state index in [2.05, 4.69) is 0 Å². The maximum atomic E-state index is 14.3. The van der Waals surface area contributed by atoms with E-state index in [1.165, 1.54) is 15.3 Å². The van der Waals surface area contributed by atoms with Crippen molar-refractivity contribution >= 4 is 15.9 Å². The van der Waals surface area contributed by atoms with Crippen molar-refractivity contribution in [1.82, 2.24) is 9.21 Å². The molecule has 0 heterocycles. The molecular formula is C20H25FN2O3S. The van der Waals surface area contributed by atoms with Crippen LogP contribution < -0.4 is 0 Å². The second-order valence-electron chi connectivity index (χ2n) is 6.32. The third-order valence-electron chi connectivity index (χ3n) is 4.53. The molecule has 27 heavy (non-hydrogen) atoms. The van der Waals surface area contributed by atoms with Gasteiger partial charge in [-0.15, -0.1) is 0 Å². The monoisotopic (exact) mass is 392 g/mol. The molecule has 2 rings (SSSR count). The highest BCUT2D eigenvalue weighted by Crippen LogP contribution is 2.21. The van der Waals surface area contributed by atoms with E-state index < -0.39 is 21.7 Å². The van der Waals surface area contributed by atoms with Gasteiger partial charge in [-0.2, -0.15) is 4.31 Å². The van der Waals surface area contributed by atoms with E-state index in [1.54, 1.807) is 20.9 Å². The van der Waals surface area contributed by atoms with Crippen molar-refractivity contribution in [1.29, 1.82) is 0 Å². The molecule has 1 amide bonds. The number of rotatable bonds is 7. The van der Waals surface area contributed by atoms with Gasteiger partial charge in [-0.05, 0) is 36.2 Å². The number of sulfonamides is 1. The molecule has 0 bridgehead atoms. The lowest BCUT2D eigenvalue weighted by Gasteiger charge is -2.21. The van der Waals surface area contributed by atoms with Gasteiger partial charge >= 0.3 is 0 Å². The van der Waals surface area contributed by atoms with Gasteiger partial charge in [0.2, 0.25) is 10.0 Å². The summed E-state index contributed by atoms with van der Waals surface area (Å²) in [4.78, 5) is 14.0. The molecule has 2 aromatic carbocycles. The van der Waals surface area contributed by atoms with Gasteiger partial charge in [0, 0.05) is 26.7 Å². The summed E-state index contributed by atoms with van der Waals surface area (Å²) in [6.07, 6.45) is 0. The van der Waals surface area contributed by atoms with Gasteiger partial charge in [-0.3, -0.25) is 4.79 Å². The quantitative estimate of drug-likeness (QED) is 0.725. The Labute approximate surface area is 160 Å². The summed E-state index contributed by atoms with van der Waals surface area (Å²) < 4.78 is 40.9. The molecule has 0 saturated carbocycles. The molecule has 5 nitrogen and oxygen atoms in total. The predicted octanol–water partition coefficient (Wildman–Crippen LogP) is 3.44. The topological polar surface area (TPSA) is 57.7 Å². The Hall–Kier alpha value is -2.25. The first-order chi connectivity index (χ1) is 12.7. The van der Waals surface area contributed by atoms with E-state index >= 15 is 0 Å². The van der Waals surface area contributed by atoms with E-state index in [4.69, 9.17) is 0 Å². The van der Waals surface area contributed by atoms with Crippen molar-refractivity contribution < 1.29 is 17.6 Å². The van der Waals surface area contributed by atoms with E-state index in [1.807, 2.05) is 31.2 Å². The largest absolute Gasteiger partial charge is 0.337 e. The zero-order chi connectivity index (χ0) is 20.2. The minimum Gasteiger partial charge on any atom is -0.337 e. The summed E-state index contributed by atoms with van der Waals surface area (Å²) in [6, 6.07) is 11.0. The fraction of sp³-hybridized carbons (Fsp3) is 0.350. The molecule has 146 valence electrons. The number of amides is 1. The number of hydrogen-bond acceptors (Lipinski definition) is 3. The Morgan fingerprint density at radius 3 is 2.30 bits per heavy atom. The SMILES string of the molecule is CCN(CC)S(=O)(=O)c1ccc(F)c(C(=O)N(C)Cc2ccccc2C)c1. The Bertz CT molecular complexity index is 925. The summed E-state index contributed by atoms with van der Waals surface area (Å²) in [5, 5.41) is 0. The van der Waals surface area contributed by atoms with Gasteiger partial charge in [0.05, 0.1) is 10.5 Å². The first kappa shape index (κ1) is 21.1. The van der Waals surface area contributed by atoms with Crippen molar-refractivity contribution in [2.75, 3.05) is 20.1 Å². The van der Waals surface area contributed by atoms with Gasteiger partial charge in [0.1, 0.15) is 5.82 Å².